The lowest BCUT2D eigenvalue weighted by atomic mass is 10.2. The minimum absolute atomic E-state index is 0.0424. The molecule has 0 unspecified atom stereocenters. The lowest BCUT2D eigenvalue weighted by molar-refractivity contribution is -0.119. The highest BCUT2D eigenvalue weighted by atomic mass is 32.2. The highest BCUT2D eigenvalue weighted by Gasteiger charge is 2.22. The van der Waals surface area contributed by atoms with Crippen molar-refractivity contribution in [3.63, 3.8) is 0 Å². The number of nitrogens with zero attached hydrogens (tertiary/aromatic N) is 1. The highest BCUT2D eigenvalue weighted by molar-refractivity contribution is 8.13. The maximum absolute atomic E-state index is 11.5. The summed E-state index contributed by atoms with van der Waals surface area (Å²) >= 11 is 1.20. The van der Waals surface area contributed by atoms with E-state index < -0.39 is 0 Å². The van der Waals surface area contributed by atoms with Gasteiger partial charge in [-0.2, -0.15) is 0 Å². The third-order valence-electron chi connectivity index (χ3n) is 1.99. The van der Waals surface area contributed by atoms with Crippen LogP contribution in [0.1, 0.15) is 19.8 Å². The molecular weight excluding hydrogens is 214 g/mol. The Balaban J connectivity index is 2.16. The van der Waals surface area contributed by atoms with Gasteiger partial charge in [0.15, 0.2) is 0 Å². The van der Waals surface area contributed by atoms with Crippen LogP contribution in [0.25, 0.3) is 0 Å². The minimum atomic E-state index is -0.271. The van der Waals surface area contributed by atoms with Crippen LogP contribution in [0, 0.1) is 0 Å². The number of amidine groups is 1. The van der Waals surface area contributed by atoms with Crippen molar-refractivity contribution < 1.29 is 9.59 Å². The molecule has 0 bridgehead atoms. The molecule has 1 heterocycles. The zero-order valence-electron chi connectivity index (χ0n) is 8.66. The van der Waals surface area contributed by atoms with Crippen LogP contribution in [0.4, 0.5) is 0 Å². The molecule has 1 amide bonds. The van der Waals surface area contributed by atoms with E-state index in [1.165, 1.54) is 18.7 Å². The van der Waals surface area contributed by atoms with Gasteiger partial charge in [0.1, 0.15) is 6.04 Å². The molecule has 3 N–H and O–H groups in total. The van der Waals surface area contributed by atoms with Gasteiger partial charge in [0.2, 0.25) is 11.0 Å². The molecule has 0 saturated carbocycles. The summed E-state index contributed by atoms with van der Waals surface area (Å²) in [6, 6.07) is -0.271. The summed E-state index contributed by atoms with van der Waals surface area (Å²) < 4.78 is 0. The fourth-order valence-corrected chi connectivity index (χ4v) is 2.03. The van der Waals surface area contributed by atoms with Crippen molar-refractivity contribution in [3.8, 4) is 0 Å². The van der Waals surface area contributed by atoms with Crippen LogP contribution in [0.3, 0.4) is 0 Å². The molecule has 0 aromatic carbocycles. The monoisotopic (exact) mass is 229 g/mol. The van der Waals surface area contributed by atoms with Gasteiger partial charge in [0.05, 0.1) is 5.84 Å². The molecule has 0 radical (unpaired) electrons. The predicted molar refractivity (Wildman–Crippen MR) is 60.8 cm³/mol. The summed E-state index contributed by atoms with van der Waals surface area (Å²) in [6.07, 6.45) is 1.43. The van der Waals surface area contributed by atoms with Gasteiger partial charge in [-0.15, -0.1) is 0 Å². The quantitative estimate of drug-likeness (QED) is 0.659. The topological polar surface area (TPSA) is 84.5 Å². The van der Waals surface area contributed by atoms with Crippen molar-refractivity contribution in [3.05, 3.63) is 0 Å². The van der Waals surface area contributed by atoms with Crippen molar-refractivity contribution in [2.24, 2.45) is 10.7 Å². The molecule has 1 aliphatic rings. The normalized spacial score (nSPS) is 19.8. The van der Waals surface area contributed by atoms with E-state index in [1.807, 2.05) is 0 Å². The van der Waals surface area contributed by atoms with Crippen molar-refractivity contribution in [2.45, 2.75) is 25.8 Å². The largest absolute Gasteiger partial charge is 0.387 e. The summed E-state index contributed by atoms with van der Waals surface area (Å²) in [5, 5.41) is 2.67. The second-order valence-electron chi connectivity index (χ2n) is 3.33. The number of hydrogen-bond donors (Lipinski definition) is 2. The molecule has 6 heteroatoms. The SMILES string of the molecule is CC(=O)NCCSC(=O)[C@@H]1CCC(N)=N1. The molecular formula is C9H15N3O2S. The molecule has 1 aliphatic heterocycles. The molecule has 0 aromatic heterocycles. The Hall–Kier alpha value is -1.04. The fourth-order valence-electron chi connectivity index (χ4n) is 1.26. The number of amides is 1. The van der Waals surface area contributed by atoms with Crippen molar-refractivity contribution in [1.82, 2.24) is 5.32 Å². The number of thioether (sulfide) groups is 1. The molecule has 1 rings (SSSR count). The third-order valence-corrected chi connectivity index (χ3v) is 2.95. The Morgan fingerprint density at radius 2 is 2.40 bits per heavy atom. The first-order chi connectivity index (χ1) is 7.09. The molecule has 84 valence electrons. The van der Waals surface area contributed by atoms with Gasteiger partial charge in [-0.3, -0.25) is 14.6 Å². The first-order valence-corrected chi connectivity index (χ1v) is 5.81. The van der Waals surface area contributed by atoms with Gasteiger partial charge in [0.25, 0.3) is 0 Å². The van der Waals surface area contributed by atoms with Gasteiger partial charge in [-0.05, 0) is 6.42 Å². The number of rotatable bonds is 4. The first-order valence-electron chi connectivity index (χ1n) is 4.83. The summed E-state index contributed by atoms with van der Waals surface area (Å²) in [6.45, 7) is 1.96. The maximum atomic E-state index is 11.5. The Morgan fingerprint density at radius 1 is 1.67 bits per heavy atom. The first kappa shape index (κ1) is 12.0. The molecule has 5 nitrogen and oxygen atoms in total. The van der Waals surface area contributed by atoms with Gasteiger partial charge < -0.3 is 11.1 Å². The van der Waals surface area contributed by atoms with Crippen LogP contribution < -0.4 is 11.1 Å². The fraction of sp³-hybridized carbons (Fsp3) is 0.667. The Labute approximate surface area is 92.9 Å². The van der Waals surface area contributed by atoms with E-state index in [1.54, 1.807) is 0 Å². The standard InChI is InChI=1S/C9H15N3O2S/c1-6(13)11-4-5-15-9(14)7-2-3-8(10)12-7/h7H,2-5H2,1H3,(H2,10,12)(H,11,13)/t7-/m0/s1. The Morgan fingerprint density at radius 3 is 2.93 bits per heavy atom. The van der Waals surface area contributed by atoms with E-state index in [-0.39, 0.29) is 17.1 Å². The number of carbonyl (C=O) groups excluding carboxylic acids is 2. The average molecular weight is 229 g/mol. The minimum Gasteiger partial charge on any atom is -0.387 e. The van der Waals surface area contributed by atoms with E-state index in [9.17, 15) is 9.59 Å². The molecule has 0 fully saturated rings. The van der Waals surface area contributed by atoms with Gasteiger partial charge in [-0.1, -0.05) is 11.8 Å². The van der Waals surface area contributed by atoms with Crippen molar-refractivity contribution in [2.75, 3.05) is 12.3 Å². The number of aliphatic imine (C=N–C) groups is 1. The molecule has 15 heavy (non-hydrogen) atoms. The Bertz CT molecular complexity index is 291. The lowest BCUT2D eigenvalue weighted by Gasteiger charge is -2.04. The second kappa shape index (κ2) is 5.75. The number of hydrogen-bond acceptors (Lipinski definition) is 5. The number of nitrogens with two attached hydrogens (primary N) is 1. The zero-order valence-corrected chi connectivity index (χ0v) is 9.47. The summed E-state index contributed by atoms with van der Waals surface area (Å²) in [5.41, 5.74) is 5.49. The van der Waals surface area contributed by atoms with Crippen LogP contribution in [-0.4, -0.2) is 35.2 Å². The maximum Gasteiger partial charge on any atom is 0.216 e. The van der Waals surface area contributed by atoms with Crippen molar-refractivity contribution >= 4 is 28.6 Å². The van der Waals surface area contributed by atoms with Gasteiger partial charge >= 0.3 is 0 Å². The van der Waals surface area contributed by atoms with Crippen LogP contribution in [0.2, 0.25) is 0 Å². The Kier molecular flexibility index (Phi) is 4.61. The van der Waals surface area contributed by atoms with Crippen LogP contribution in [-0.2, 0) is 9.59 Å². The summed E-state index contributed by atoms with van der Waals surface area (Å²) in [7, 11) is 0. The van der Waals surface area contributed by atoms with Crippen LogP contribution in [0.15, 0.2) is 4.99 Å². The molecule has 1 atom stereocenters. The zero-order chi connectivity index (χ0) is 11.3. The average Bonchev–Trinajstić information content (AvgIpc) is 2.59. The van der Waals surface area contributed by atoms with Crippen molar-refractivity contribution in [1.29, 1.82) is 0 Å². The second-order valence-corrected chi connectivity index (χ2v) is 4.42. The van der Waals surface area contributed by atoms with Gasteiger partial charge in [0, 0.05) is 25.6 Å². The third kappa shape index (κ3) is 4.33. The van der Waals surface area contributed by atoms with Crippen LogP contribution >= 0.6 is 11.8 Å². The van der Waals surface area contributed by atoms with E-state index in [0.29, 0.717) is 24.6 Å². The molecule has 0 spiro atoms. The lowest BCUT2D eigenvalue weighted by Crippen LogP contribution is -2.23. The van der Waals surface area contributed by atoms with E-state index in [2.05, 4.69) is 10.3 Å². The molecule has 0 aromatic rings. The summed E-state index contributed by atoms with van der Waals surface area (Å²) in [5.74, 6) is 1.08. The van der Waals surface area contributed by atoms with Crippen LogP contribution in [0.5, 0.6) is 0 Å². The van der Waals surface area contributed by atoms with E-state index in [4.69, 9.17) is 5.73 Å². The predicted octanol–water partition coefficient (Wildman–Crippen LogP) is -0.0981. The smallest absolute Gasteiger partial charge is 0.216 e. The summed E-state index contributed by atoms with van der Waals surface area (Å²) in [4.78, 5) is 26.1. The van der Waals surface area contributed by atoms with E-state index >= 15 is 0 Å². The molecule has 0 saturated heterocycles. The highest BCUT2D eigenvalue weighted by Crippen LogP contribution is 2.17. The van der Waals surface area contributed by atoms with E-state index in [0.717, 1.165) is 6.42 Å². The number of nitrogens with one attached hydrogen (secondary N) is 1. The molecule has 0 aliphatic carbocycles. The van der Waals surface area contributed by atoms with Gasteiger partial charge in [-0.25, -0.2) is 0 Å². The number of carbonyl (C=O) groups is 2.